The number of halogens is 1. The van der Waals surface area contributed by atoms with E-state index in [-0.39, 0.29) is 23.7 Å². The van der Waals surface area contributed by atoms with Crippen LogP contribution in [0, 0.1) is 0 Å². The van der Waals surface area contributed by atoms with Crippen molar-refractivity contribution in [3.8, 4) is 22.8 Å². The zero-order valence-corrected chi connectivity index (χ0v) is 24.9. The fourth-order valence-electron chi connectivity index (χ4n) is 4.28. The first-order chi connectivity index (χ1) is 21.1. The molecule has 4 rings (SSSR count). The largest absolute Gasteiger partial charge is 0.493 e. The number of nitrogens with zero attached hydrogens (tertiary/aromatic N) is 1. The smallest absolute Gasteiger partial charge is 0.338 e. The molecule has 1 aromatic heterocycles. The van der Waals surface area contributed by atoms with Crippen LogP contribution in [0.25, 0.3) is 11.3 Å². The highest BCUT2D eigenvalue weighted by atomic mass is 35.5. The van der Waals surface area contributed by atoms with E-state index in [1.54, 1.807) is 62.4 Å². The minimum atomic E-state index is -0.793. The van der Waals surface area contributed by atoms with Gasteiger partial charge in [-0.3, -0.25) is 4.79 Å². The monoisotopic (exact) mass is 624 g/mol. The van der Waals surface area contributed by atoms with Crippen LogP contribution in [0.15, 0.2) is 69.3 Å². The predicted octanol–water partition coefficient (Wildman–Crippen LogP) is 4.12. The zero-order chi connectivity index (χ0) is 31.8. The third-order valence-electron chi connectivity index (χ3n) is 6.31. The minimum Gasteiger partial charge on any atom is -0.493 e. The molecule has 0 saturated heterocycles. The van der Waals surface area contributed by atoms with E-state index in [0.717, 1.165) is 0 Å². The molecule has 0 spiro atoms. The fraction of sp³-hybridized carbons (Fsp3) is 0.233. The molecule has 0 unspecified atom stereocenters. The van der Waals surface area contributed by atoms with Crippen molar-refractivity contribution in [2.24, 2.45) is 5.10 Å². The highest BCUT2D eigenvalue weighted by Gasteiger charge is 2.32. The summed E-state index contributed by atoms with van der Waals surface area (Å²) < 4.78 is 26.7. The molecule has 1 atom stereocenters. The van der Waals surface area contributed by atoms with Gasteiger partial charge >= 0.3 is 18.0 Å². The predicted molar refractivity (Wildman–Crippen MR) is 158 cm³/mol. The van der Waals surface area contributed by atoms with Gasteiger partial charge < -0.3 is 34.0 Å². The molecule has 44 heavy (non-hydrogen) atoms. The maximum Gasteiger partial charge on any atom is 0.338 e. The van der Waals surface area contributed by atoms with E-state index in [1.165, 1.54) is 20.4 Å². The lowest BCUT2D eigenvalue weighted by Crippen LogP contribution is -2.45. The minimum absolute atomic E-state index is 0.169. The van der Waals surface area contributed by atoms with E-state index in [2.05, 4.69) is 21.2 Å². The lowest BCUT2D eigenvalue weighted by molar-refractivity contribution is -0.139. The van der Waals surface area contributed by atoms with Crippen molar-refractivity contribution < 1.29 is 42.5 Å². The van der Waals surface area contributed by atoms with Crippen molar-refractivity contribution in [3.05, 3.63) is 81.7 Å². The molecule has 1 aliphatic heterocycles. The van der Waals surface area contributed by atoms with Gasteiger partial charge in [-0.15, -0.1) is 0 Å². The molecule has 3 amide bonds. The Balaban J connectivity index is 1.38. The third-order valence-corrected chi connectivity index (χ3v) is 6.63. The van der Waals surface area contributed by atoms with Gasteiger partial charge in [0, 0.05) is 11.3 Å². The Labute approximate surface area is 257 Å². The van der Waals surface area contributed by atoms with Crippen molar-refractivity contribution in [1.29, 1.82) is 0 Å². The lowest BCUT2D eigenvalue weighted by atomic mass is 9.95. The summed E-state index contributed by atoms with van der Waals surface area (Å²) in [6.45, 7) is 3.07. The molecular formula is C30H29ClN4O9. The van der Waals surface area contributed by atoms with Crippen molar-refractivity contribution in [2.75, 3.05) is 27.4 Å². The molecule has 2 aromatic carbocycles. The Kier molecular flexibility index (Phi) is 10.2. The SMILES string of the molecule is CCOC(=O)C1=C(C)NC(=O)N[C@H]1c1ccc(OCC(=O)N/N=C\c2ccc(-c3cc(C(=O)OC)ccc3Cl)o2)c(OC)c1. The third kappa shape index (κ3) is 7.36. The standard InChI is InChI=1S/C30H29ClN4O9/c1-5-42-29(38)26-16(2)33-30(39)34-27(26)17-7-10-23(24(13-17)40-3)43-15-25(36)35-32-14-19-8-11-22(44-19)20-12-18(28(37)41-4)6-9-21(20)31/h6-14,27H,5,15H2,1-4H3,(H,35,36)(H2,33,34,39)/b32-14-/t27-/m0/s1. The van der Waals surface area contributed by atoms with Crippen molar-refractivity contribution in [2.45, 2.75) is 19.9 Å². The number of amides is 3. The molecule has 0 saturated carbocycles. The molecule has 13 nitrogen and oxygen atoms in total. The number of furan rings is 1. The summed E-state index contributed by atoms with van der Waals surface area (Å²) in [6, 6.07) is 11.4. The number of benzene rings is 2. The second-order valence-corrected chi connectivity index (χ2v) is 9.58. The first-order valence-corrected chi connectivity index (χ1v) is 13.6. The maximum absolute atomic E-state index is 12.6. The van der Waals surface area contributed by atoms with Gasteiger partial charge in [-0.25, -0.2) is 19.8 Å². The van der Waals surface area contributed by atoms with E-state index in [9.17, 15) is 19.2 Å². The van der Waals surface area contributed by atoms with Crippen LogP contribution in [0.3, 0.4) is 0 Å². The number of hydrazone groups is 1. The van der Waals surface area contributed by atoms with Crippen LogP contribution >= 0.6 is 11.6 Å². The number of nitrogens with one attached hydrogen (secondary N) is 3. The number of allylic oxidation sites excluding steroid dienone is 1. The molecule has 2 heterocycles. The molecule has 1 aliphatic rings. The number of carbonyl (C=O) groups is 4. The average molecular weight is 625 g/mol. The van der Waals surface area contributed by atoms with Crippen LogP contribution < -0.4 is 25.5 Å². The lowest BCUT2D eigenvalue weighted by Gasteiger charge is -2.28. The van der Waals surface area contributed by atoms with Crippen molar-refractivity contribution in [3.63, 3.8) is 0 Å². The Hall–Kier alpha value is -5.30. The average Bonchev–Trinajstić information content (AvgIpc) is 3.48. The van der Waals surface area contributed by atoms with Crippen LogP contribution in [0.2, 0.25) is 5.02 Å². The van der Waals surface area contributed by atoms with Crippen LogP contribution in [-0.4, -0.2) is 57.5 Å². The molecule has 0 radical (unpaired) electrons. The second-order valence-electron chi connectivity index (χ2n) is 9.17. The normalized spacial score (nSPS) is 14.5. The number of methoxy groups -OCH3 is 2. The highest BCUT2D eigenvalue weighted by molar-refractivity contribution is 6.33. The molecule has 0 aliphatic carbocycles. The summed E-state index contributed by atoms with van der Waals surface area (Å²) in [6.07, 6.45) is 1.29. The van der Waals surface area contributed by atoms with Gasteiger partial charge in [0.25, 0.3) is 5.91 Å². The summed E-state index contributed by atoms with van der Waals surface area (Å²) in [5.41, 5.74) is 4.29. The summed E-state index contributed by atoms with van der Waals surface area (Å²) in [4.78, 5) is 49.0. The number of carbonyl (C=O) groups excluding carboxylic acids is 4. The number of esters is 2. The van der Waals surface area contributed by atoms with E-state index >= 15 is 0 Å². The topological polar surface area (TPSA) is 167 Å². The highest BCUT2D eigenvalue weighted by Crippen LogP contribution is 2.35. The molecular weight excluding hydrogens is 596 g/mol. The van der Waals surface area contributed by atoms with Gasteiger partial charge in [-0.2, -0.15) is 5.10 Å². The van der Waals surface area contributed by atoms with Gasteiger partial charge in [0.2, 0.25) is 0 Å². The summed E-state index contributed by atoms with van der Waals surface area (Å²) in [7, 11) is 2.70. The van der Waals surface area contributed by atoms with Gasteiger partial charge in [-0.1, -0.05) is 17.7 Å². The van der Waals surface area contributed by atoms with Crippen molar-refractivity contribution >= 4 is 41.7 Å². The molecule has 0 bridgehead atoms. The first kappa shape index (κ1) is 31.6. The van der Waals surface area contributed by atoms with Gasteiger partial charge in [0.15, 0.2) is 18.1 Å². The van der Waals surface area contributed by atoms with E-state index < -0.39 is 36.5 Å². The van der Waals surface area contributed by atoms with Gasteiger partial charge in [0.05, 0.1) is 49.2 Å². The molecule has 0 fully saturated rings. The number of ether oxygens (including phenoxy) is 4. The van der Waals surface area contributed by atoms with E-state index in [0.29, 0.717) is 38.9 Å². The Morgan fingerprint density at radius 1 is 1.07 bits per heavy atom. The van der Waals surface area contributed by atoms with Crippen LogP contribution in [0.5, 0.6) is 11.5 Å². The molecule has 3 aromatic rings. The number of rotatable bonds is 11. The number of hydrogen-bond donors (Lipinski definition) is 3. The molecule has 3 N–H and O–H groups in total. The maximum atomic E-state index is 12.6. The molecule has 230 valence electrons. The number of hydrogen-bond acceptors (Lipinski definition) is 10. The van der Waals surface area contributed by atoms with Crippen molar-refractivity contribution in [1.82, 2.24) is 16.1 Å². The van der Waals surface area contributed by atoms with E-state index in [4.69, 9.17) is 35.0 Å². The Bertz CT molecular complexity index is 1650. The Morgan fingerprint density at radius 3 is 2.59 bits per heavy atom. The quantitative estimate of drug-likeness (QED) is 0.162. The fourth-order valence-corrected chi connectivity index (χ4v) is 4.49. The second kappa shape index (κ2) is 14.2. The number of urea groups is 1. The van der Waals surface area contributed by atoms with Crippen LogP contribution in [0.4, 0.5) is 4.79 Å². The van der Waals surface area contributed by atoms with Crippen LogP contribution in [0.1, 0.15) is 41.6 Å². The Morgan fingerprint density at radius 2 is 1.86 bits per heavy atom. The van der Waals surface area contributed by atoms with Gasteiger partial charge in [-0.05, 0) is 61.9 Å². The zero-order valence-electron chi connectivity index (χ0n) is 24.2. The molecule has 14 heteroatoms. The summed E-state index contributed by atoms with van der Waals surface area (Å²) in [5.74, 6) is -0.434. The summed E-state index contributed by atoms with van der Waals surface area (Å²) >= 11 is 6.27. The van der Waals surface area contributed by atoms with E-state index in [1.807, 2.05) is 0 Å². The van der Waals surface area contributed by atoms with Gasteiger partial charge in [0.1, 0.15) is 11.5 Å². The summed E-state index contributed by atoms with van der Waals surface area (Å²) in [5, 5.41) is 9.55. The first-order valence-electron chi connectivity index (χ1n) is 13.2. The van der Waals surface area contributed by atoms with Crippen LogP contribution in [-0.2, 0) is 19.1 Å².